The van der Waals surface area contributed by atoms with Gasteiger partial charge >= 0.3 is 0 Å². The summed E-state index contributed by atoms with van der Waals surface area (Å²) in [4.78, 5) is 11.6. The number of aromatic nitrogens is 1. The number of thioether (sulfide) groups is 1. The van der Waals surface area contributed by atoms with E-state index in [0.29, 0.717) is 4.75 Å². The zero-order valence-corrected chi connectivity index (χ0v) is 16.8. The van der Waals surface area contributed by atoms with Crippen molar-refractivity contribution >= 4 is 29.1 Å². The molecule has 1 aromatic heterocycles. The first-order valence-electron chi connectivity index (χ1n) is 8.72. The van der Waals surface area contributed by atoms with Gasteiger partial charge < -0.3 is 10.6 Å². The molecule has 0 aliphatic heterocycles. The minimum absolute atomic E-state index is 0.324. The molecule has 1 fully saturated rings. The van der Waals surface area contributed by atoms with Crippen LogP contribution in [0.15, 0.2) is 40.2 Å². The lowest BCUT2D eigenvalue weighted by Crippen LogP contribution is -2.41. The summed E-state index contributed by atoms with van der Waals surface area (Å²) in [7, 11) is 1.83. The Morgan fingerprint density at radius 3 is 2.60 bits per heavy atom. The molecule has 0 amide bonds. The highest BCUT2D eigenvalue weighted by molar-refractivity contribution is 8.01. The third-order valence-corrected chi connectivity index (χ3v) is 6.96. The summed E-state index contributed by atoms with van der Waals surface area (Å²) in [5.74, 6) is 0.888. The van der Waals surface area contributed by atoms with E-state index in [1.807, 2.05) is 18.8 Å². The van der Waals surface area contributed by atoms with Crippen molar-refractivity contribution in [2.45, 2.75) is 42.8 Å². The first-order valence-corrected chi connectivity index (χ1v) is 10.3. The lowest BCUT2D eigenvalue weighted by atomic mass is 10.3. The van der Waals surface area contributed by atoms with Crippen molar-refractivity contribution in [2.24, 2.45) is 4.99 Å². The third-order valence-electron chi connectivity index (χ3n) is 4.33. The average Bonchev–Trinajstić information content (AvgIpc) is 3.29. The summed E-state index contributed by atoms with van der Waals surface area (Å²) in [5.41, 5.74) is 1.16. The van der Waals surface area contributed by atoms with E-state index in [2.05, 4.69) is 64.8 Å². The fourth-order valence-corrected chi connectivity index (χ4v) is 4.94. The molecule has 4 nitrogen and oxygen atoms in total. The van der Waals surface area contributed by atoms with Crippen LogP contribution in [0.2, 0.25) is 0 Å². The van der Waals surface area contributed by atoms with Crippen LogP contribution in [-0.4, -0.2) is 35.8 Å². The molecule has 6 heteroatoms. The molecule has 0 saturated heterocycles. The smallest absolute Gasteiger partial charge is 0.191 e. The van der Waals surface area contributed by atoms with E-state index >= 15 is 0 Å². The molecule has 0 radical (unpaired) electrons. The van der Waals surface area contributed by atoms with Gasteiger partial charge in [-0.15, -0.1) is 23.1 Å². The summed E-state index contributed by atoms with van der Waals surface area (Å²) in [6.07, 6.45) is 3.51. The van der Waals surface area contributed by atoms with Gasteiger partial charge in [0.15, 0.2) is 5.96 Å². The van der Waals surface area contributed by atoms with Crippen LogP contribution in [0.3, 0.4) is 0 Å². The second-order valence-electron chi connectivity index (χ2n) is 6.44. The number of rotatable bonds is 7. The summed E-state index contributed by atoms with van der Waals surface area (Å²) in [6.45, 7) is 5.98. The van der Waals surface area contributed by atoms with E-state index < -0.39 is 0 Å². The molecule has 0 bridgehead atoms. The van der Waals surface area contributed by atoms with Gasteiger partial charge in [-0.1, -0.05) is 18.2 Å². The van der Waals surface area contributed by atoms with Crippen LogP contribution in [0, 0.1) is 13.8 Å². The maximum atomic E-state index is 4.49. The second kappa shape index (κ2) is 8.23. The van der Waals surface area contributed by atoms with Gasteiger partial charge in [0.1, 0.15) is 0 Å². The molecule has 2 aromatic rings. The van der Waals surface area contributed by atoms with Crippen LogP contribution in [0.5, 0.6) is 0 Å². The van der Waals surface area contributed by atoms with E-state index in [1.54, 1.807) is 11.3 Å². The lowest BCUT2D eigenvalue weighted by molar-refractivity contribution is 0.761. The minimum Gasteiger partial charge on any atom is -0.356 e. The van der Waals surface area contributed by atoms with Gasteiger partial charge in [0, 0.05) is 41.1 Å². The Morgan fingerprint density at radius 2 is 2.00 bits per heavy atom. The van der Waals surface area contributed by atoms with Crippen molar-refractivity contribution in [2.75, 3.05) is 20.1 Å². The number of nitrogens with one attached hydrogen (secondary N) is 2. The van der Waals surface area contributed by atoms with Crippen LogP contribution in [0.4, 0.5) is 0 Å². The molecule has 1 aliphatic carbocycles. The van der Waals surface area contributed by atoms with Crippen LogP contribution >= 0.6 is 23.1 Å². The van der Waals surface area contributed by atoms with E-state index in [1.165, 1.54) is 22.6 Å². The van der Waals surface area contributed by atoms with Crippen molar-refractivity contribution in [3.05, 3.63) is 45.9 Å². The van der Waals surface area contributed by atoms with Gasteiger partial charge in [-0.25, -0.2) is 4.98 Å². The second-order valence-corrected chi connectivity index (χ2v) is 9.27. The first kappa shape index (κ1) is 18.3. The molecule has 1 saturated carbocycles. The molecule has 25 heavy (non-hydrogen) atoms. The largest absolute Gasteiger partial charge is 0.356 e. The zero-order valence-electron chi connectivity index (χ0n) is 15.1. The van der Waals surface area contributed by atoms with Crippen LogP contribution < -0.4 is 10.6 Å². The van der Waals surface area contributed by atoms with Gasteiger partial charge in [0.25, 0.3) is 0 Å². The Hall–Kier alpha value is -1.53. The molecule has 0 atom stereocenters. The number of hydrogen-bond acceptors (Lipinski definition) is 4. The van der Waals surface area contributed by atoms with Gasteiger partial charge in [-0.3, -0.25) is 4.99 Å². The molecular weight excluding hydrogens is 348 g/mol. The average molecular weight is 375 g/mol. The van der Waals surface area contributed by atoms with Crippen LogP contribution in [-0.2, 0) is 6.42 Å². The number of benzene rings is 1. The zero-order chi connectivity index (χ0) is 17.7. The quantitative estimate of drug-likeness (QED) is 0.572. The predicted octanol–water partition coefficient (Wildman–Crippen LogP) is 3.79. The number of aryl methyl sites for hydroxylation is 2. The minimum atomic E-state index is 0.324. The van der Waals surface area contributed by atoms with Crippen LogP contribution in [0.1, 0.15) is 28.4 Å². The van der Waals surface area contributed by atoms with E-state index in [4.69, 9.17) is 0 Å². The van der Waals surface area contributed by atoms with Crippen molar-refractivity contribution in [3.8, 4) is 0 Å². The molecule has 3 rings (SSSR count). The molecule has 134 valence electrons. The van der Waals surface area contributed by atoms with E-state index in [9.17, 15) is 0 Å². The van der Waals surface area contributed by atoms with E-state index in [-0.39, 0.29) is 0 Å². The van der Waals surface area contributed by atoms with Gasteiger partial charge in [0.05, 0.1) is 10.7 Å². The molecule has 0 unspecified atom stereocenters. The Kier molecular flexibility index (Phi) is 6.02. The normalized spacial score (nSPS) is 15.9. The SMILES string of the molecule is CN=C(NCCc1sc(C)nc1C)NCC1(Sc2ccccc2)CC1. The monoisotopic (exact) mass is 374 g/mol. The van der Waals surface area contributed by atoms with Crippen LogP contribution in [0.25, 0.3) is 0 Å². The van der Waals surface area contributed by atoms with Crippen molar-refractivity contribution < 1.29 is 0 Å². The molecule has 0 spiro atoms. The molecular formula is C19H26N4S2. The Morgan fingerprint density at radius 1 is 1.24 bits per heavy atom. The molecule has 1 aliphatic rings. The third kappa shape index (κ3) is 5.22. The summed E-state index contributed by atoms with van der Waals surface area (Å²) in [6, 6.07) is 10.7. The standard InChI is InChI=1S/C19H26N4S2/c1-14-17(24-15(2)23-14)9-12-21-18(20-3)22-13-19(10-11-19)25-16-7-5-4-6-8-16/h4-8H,9-13H2,1-3H3,(H2,20,21,22). The summed E-state index contributed by atoms with van der Waals surface area (Å²) in [5, 5.41) is 8.07. The highest BCUT2D eigenvalue weighted by atomic mass is 32.2. The van der Waals surface area contributed by atoms with Crippen molar-refractivity contribution in [1.82, 2.24) is 15.6 Å². The van der Waals surface area contributed by atoms with Crippen molar-refractivity contribution in [1.29, 1.82) is 0 Å². The number of hydrogen-bond donors (Lipinski definition) is 2. The van der Waals surface area contributed by atoms with Gasteiger partial charge in [-0.2, -0.15) is 0 Å². The molecule has 1 heterocycles. The Bertz CT molecular complexity index is 720. The number of guanidine groups is 1. The first-order chi connectivity index (χ1) is 12.1. The highest BCUT2D eigenvalue weighted by Gasteiger charge is 2.43. The predicted molar refractivity (Wildman–Crippen MR) is 109 cm³/mol. The van der Waals surface area contributed by atoms with Gasteiger partial charge in [0.2, 0.25) is 0 Å². The topological polar surface area (TPSA) is 49.3 Å². The lowest BCUT2D eigenvalue weighted by Gasteiger charge is -2.18. The molecule has 1 aromatic carbocycles. The summed E-state index contributed by atoms with van der Waals surface area (Å²) >= 11 is 3.77. The number of thiazole rings is 1. The van der Waals surface area contributed by atoms with Gasteiger partial charge in [-0.05, 0) is 38.8 Å². The van der Waals surface area contributed by atoms with Crippen molar-refractivity contribution in [3.63, 3.8) is 0 Å². The fourth-order valence-electron chi connectivity index (χ4n) is 2.76. The molecule has 2 N–H and O–H groups in total. The maximum absolute atomic E-state index is 4.49. The summed E-state index contributed by atoms with van der Waals surface area (Å²) < 4.78 is 0.324. The number of nitrogens with zero attached hydrogens (tertiary/aromatic N) is 2. The Labute approximate surface area is 158 Å². The fraction of sp³-hybridized carbons (Fsp3) is 0.474. The van der Waals surface area contributed by atoms with E-state index in [0.717, 1.165) is 36.2 Å². The Balaban J connectivity index is 1.44. The maximum Gasteiger partial charge on any atom is 0.191 e. The highest BCUT2D eigenvalue weighted by Crippen LogP contribution is 2.51. The number of aliphatic imine (C=N–C) groups is 1.